The first-order valence-corrected chi connectivity index (χ1v) is 16.0. The quantitative estimate of drug-likeness (QED) is 0.304. The highest BCUT2D eigenvalue weighted by Gasteiger charge is 2.35. The van der Waals surface area contributed by atoms with E-state index < -0.39 is 6.67 Å². The van der Waals surface area contributed by atoms with E-state index in [0.29, 0.717) is 50.8 Å². The molecule has 1 amide bonds. The molecule has 2 aromatic carbocycles. The highest BCUT2D eigenvalue weighted by Crippen LogP contribution is 2.38. The van der Waals surface area contributed by atoms with Gasteiger partial charge in [0.25, 0.3) is 0 Å². The van der Waals surface area contributed by atoms with Gasteiger partial charge in [-0.25, -0.2) is 4.39 Å². The molecule has 3 aromatic rings. The maximum Gasteiger partial charge on any atom is 0.318 e. The van der Waals surface area contributed by atoms with Crippen LogP contribution in [0.25, 0.3) is 10.8 Å². The Labute approximate surface area is 268 Å². The smallest absolute Gasteiger partial charge is 0.318 e. The number of amides is 1. The third-order valence-electron chi connectivity index (χ3n) is 9.40. The molecule has 2 fully saturated rings. The minimum Gasteiger partial charge on any atom is -0.463 e. The normalized spacial score (nSPS) is 21.6. The number of hydrogen-bond donors (Lipinski definition) is 0. The van der Waals surface area contributed by atoms with Crippen LogP contribution >= 0.6 is 11.6 Å². The molecular weight excluding hydrogens is 593 g/mol. The van der Waals surface area contributed by atoms with Crippen LogP contribution in [-0.4, -0.2) is 91.3 Å². The lowest BCUT2D eigenvalue weighted by atomic mass is 9.79. The summed E-state index contributed by atoms with van der Waals surface area (Å²) in [4.78, 5) is 31.1. The van der Waals surface area contributed by atoms with Crippen LogP contribution < -0.4 is 14.5 Å². The molecule has 1 saturated heterocycles. The van der Waals surface area contributed by atoms with Gasteiger partial charge in [-0.2, -0.15) is 15.2 Å². The van der Waals surface area contributed by atoms with Gasteiger partial charge < -0.3 is 24.3 Å². The van der Waals surface area contributed by atoms with Crippen LogP contribution in [0, 0.1) is 17.2 Å². The van der Waals surface area contributed by atoms with E-state index in [2.05, 4.69) is 59.1 Å². The Kier molecular flexibility index (Phi) is 9.38. The molecule has 11 heteroatoms. The number of fused-ring (bicyclic) bond motifs is 2. The van der Waals surface area contributed by atoms with Gasteiger partial charge in [-0.15, -0.1) is 0 Å². The number of anilines is 2. The predicted molar refractivity (Wildman–Crippen MR) is 174 cm³/mol. The molecule has 0 unspecified atom stereocenters. The van der Waals surface area contributed by atoms with E-state index in [1.807, 2.05) is 12.1 Å². The van der Waals surface area contributed by atoms with Gasteiger partial charge in [0.2, 0.25) is 5.91 Å². The minimum absolute atomic E-state index is 0.172. The Morgan fingerprint density at radius 2 is 1.98 bits per heavy atom. The number of aromatic nitrogens is 2. The van der Waals surface area contributed by atoms with Crippen molar-refractivity contribution in [3.05, 3.63) is 64.8 Å². The maximum atomic E-state index is 12.8. The zero-order valence-corrected chi connectivity index (χ0v) is 26.6. The molecule has 0 N–H and O–H groups in total. The number of carbonyl (C=O) groups is 1. The van der Waals surface area contributed by atoms with E-state index in [4.69, 9.17) is 26.3 Å². The fourth-order valence-electron chi connectivity index (χ4n) is 6.93. The molecule has 3 heterocycles. The molecule has 0 radical (unpaired) electrons. The van der Waals surface area contributed by atoms with Gasteiger partial charge in [0.1, 0.15) is 12.5 Å². The van der Waals surface area contributed by atoms with Gasteiger partial charge in [0, 0.05) is 60.9 Å². The Hall–Kier alpha value is -3.94. The first kappa shape index (κ1) is 31.1. The summed E-state index contributed by atoms with van der Waals surface area (Å²) in [6.07, 6.45) is 5.63. The number of carbonyl (C=O) groups excluding carboxylic acids is 1. The van der Waals surface area contributed by atoms with E-state index >= 15 is 0 Å². The molecule has 3 aliphatic rings. The summed E-state index contributed by atoms with van der Waals surface area (Å²) >= 11 is 6.70. The SMILES string of the molecule is CN(C)[C@@H]1CC[C@H]1COc1nc2c(c(N3CCN(C(=O)/C=C/CF)[C@@H](CC#N)C3)n1)CCN(c1cccc3cccc(Cl)c13)C2. The van der Waals surface area contributed by atoms with Crippen molar-refractivity contribution in [1.29, 1.82) is 5.26 Å². The van der Waals surface area contributed by atoms with Crippen molar-refractivity contribution < 1.29 is 13.9 Å². The second-order valence-corrected chi connectivity index (χ2v) is 12.7. The summed E-state index contributed by atoms with van der Waals surface area (Å²) in [6, 6.07) is 14.9. The second-order valence-electron chi connectivity index (χ2n) is 12.3. The molecule has 0 bridgehead atoms. The van der Waals surface area contributed by atoms with Crippen LogP contribution in [-0.2, 0) is 17.8 Å². The van der Waals surface area contributed by atoms with Crippen molar-refractivity contribution in [2.75, 3.05) is 63.4 Å². The Morgan fingerprint density at radius 1 is 1.16 bits per heavy atom. The largest absolute Gasteiger partial charge is 0.463 e. The molecule has 0 spiro atoms. The first-order chi connectivity index (χ1) is 21.9. The average molecular weight is 632 g/mol. The third-order valence-corrected chi connectivity index (χ3v) is 9.72. The van der Waals surface area contributed by atoms with Gasteiger partial charge >= 0.3 is 6.01 Å². The van der Waals surface area contributed by atoms with Crippen molar-refractivity contribution >= 4 is 39.8 Å². The van der Waals surface area contributed by atoms with Crippen LogP contribution in [0.1, 0.15) is 30.5 Å². The van der Waals surface area contributed by atoms with Gasteiger partial charge in [-0.3, -0.25) is 4.79 Å². The summed E-state index contributed by atoms with van der Waals surface area (Å²) in [5, 5.41) is 12.4. The number of allylic oxidation sites excluding steroid dienone is 1. The van der Waals surface area contributed by atoms with Crippen LogP contribution in [0.4, 0.5) is 15.9 Å². The van der Waals surface area contributed by atoms with E-state index in [0.717, 1.165) is 64.4 Å². The highest BCUT2D eigenvalue weighted by atomic mass is 35.5. The van der Waals surface area contributed by atoms with Crippen LogP contribution in [0.3, 0.4) is 0 Å². The Bertz CT molecular complexity index is 1620. The summed E-state index contributed by atoms with van der Waals surface area (Å²) < 4.78 is 19.0. The number of rotatable bonds is 9. The van der Waals surface area contributed by atoms with Crippen molar-refractivity contribution in [3.63, 3.8) is 0 Å². The van der Waals surface area contributed by atoms with E-state index in [-0.39, 0.29) is 18.4 Å². The van der Waals surface area contributed by atoms with Crippen molar-refractivity contribution in [1.82, 2.24) is 19.8 Å². The molecule has 6 rings (SSSR count). The van der Waals surface area contributed by atoms with Gasteiger partial charge in [-0.05, 0) is 57.0 Å². The fourth-order valence-corrected chi connectivity index (χ4v) is 7.20. The second kappa shape index (κ2) is 13.6. The monoisotopic (exact) mass is 631 g/mol. The Morgan fingerprint density at radius 3 is 2.71 bits per heavy atom. The number of ether oxygens (including phenoxy) is 1. The molecular formula is C34H39ClFN7O2. The summed E-state index contributed by atoms with van der Waals surface area (Å²) in [7, 11) is 4.21. The highest BCUT2D eigenvalue weighted by molar-refractivity contribution is 6.36. The van der Waals surface area contributed by atoms with Crippen molar-refractivity contribution in [3.8, 4) is 12.1 Å². The van der Waals surface area contributed by atoms with Crippen LogP contribution in [0.15, 0.2) is 48.6 Å². The predicted octanol–water partition coefficient (Wildman–Crippen LogP) is 5.02. The molecule has 45 heavy (non-hydrogen) atoms. The Balaban J connectivity index is 1.32. The zero-order valence-electron chi connectivity index (χ0n) is 25.8. The van der Waals surface area contributed by atoms with Crippen molar-refractivity contribution in [2.24, 2.45) is 5.92 Å². The summed E-state index contributed by atoms with van der Waals surface area (Å²) in [6.45, 7) is 2.56. The summed E-state index contributed by atoms with van der Waals surface area (Å²) in [5.41, 5.74) is 3.04. The standard InChI is InChI=1S/C34H39ClFN7O2/c1-40(2)29-12-11-24(29)22-45-34-38-28-21-41(30-9-4-7-23-6-3-8-27(35)32(23)30)17-14-26(28)33(39-34)42-18-19-43(25(20-42)13-16-37)31(44)10-5-15-36/h3-10,24-25,29H,11-15,17-22H2,1-2H3/b10-5+/t24-,25-,29+/m0/s1. The van der Waals surface area contributed by atoms with Gasteiger partial charge in [-0.1, -0.05) is 35.9 Å². The maximum absolute atomic E-state index is 12.8. The number of nitriles is 1. The number of piperazine rings is 1. The van der Waals surface area contributed by atoms with Crippen LogP contribution in [0.5, 0.6) is 6.01 Å². The van der Waals surface area contributed by atoms with Gasteiger partial charge in [0.05, 0.1) is 42.4 Å². The number of halogens is 2. The van der Waals surface area contributed by atoms with E-state index in [1.165, 1.54) is 12.2 Å². The van der Waals surface area contributed by atoms with Crippen LogP contribution in [0.2, 0.25) is 5.02 Å². The molecule has 236 valence electrons. The molecule has 1 aliphatic carbocycles. The lowest BCUT2D eigenvalue weighted by molar-refractivity contribution is -0.128. The molecule has 9 nitrogen and oxygen atoms in total. The fraction of sp³-hybridized carbons (Fsp3) is 0.471. The number of alkyl halides is 1. The number of hydrogen-bond acceptors (Lipinski definition) is 8. The first-order valence-electron chi connectivity index (χ1n) is 15.6. The molecule has 2 aliphatic heterocycles. The molecule has 3 atom stereocenters. The third kappa shape index (κ3) is 6.42. The average Bonchev–Trinajstić information content (AvgIpc) is 3.02. The lowest BCUT2D eigenvalue weighted by Gasteiger charge is -2.42. The summed E-state index contributed by atoms with van der Waals surface area (Å²) in [5.74, 6) is 0.948. The number of nitrogens with zero attached hydrogens (tertiary/aromatic N) is 7. The van der Waals surface area contributed by atoms with Crippen molar-refractivity contribution in [2.45, 2.75) is 44.3 Å². The van der Waals surface area contributed by atoms with E-state index in [1.54, 1.807) is 4.90 Å². The number of benzene rings is 2. The molecule has 1 aromatic heterocycles. The zero-order chi connectivity index (χ0) is 31.5. The van der Waals surface area contributed by atoms with E-state index in [9.17, 15) is 14.4 Å². The molecule has 1 saturated carbocycles. The lowest BCUT2D eigenvalue weighted by Crippen LogP contribution is -2.55. The van der Waals surface area contributed by atoms with Gasteiger partial charge in [0.15, 0.2) is 0 Å². The topological polar surface area (TPSA) is 88.8 Å². The minimum atomic E-state index is -0.706.